The molecule has 6 radical (unpaired) electrons. The Bertz CT molecular complexity index is 4880. The Morgan fingerprint density at radius 1 is 0.135 bits per heavy atom. The molecule has 0 amide bonds. The van der Waals surface area contributed by atoms with Gasteiger partial charge in [0, 0.05) is 196 Å². The second-order valence-corrected chi connectivity index (χ2v) is 24.1. The van der Waals surface area contributed by atoms with Crippen molar-refractivity contribution in [3.8, 4) is 111 Å². The van der Waals surface area contributed by atoms with Crippen molar-refractivity contribution in [2.24, 2.45) is 0 Å². The first-order valence-electron chi connectivity index (χ1n) is 50.8. The van der Waals surface area contributed by atoms with Crippen LogP contribution in [-0.4, -0.2) is 0 Å². The summed E-state index contributed by atoms with van der Waals surface area (Å²) in [5, 5.41) is 0. The molecule has 0 aliphatic heterocycles. The zero-order valence-corrected chi connectivity index (χ0v) is 112. The van der Waals surface area contributed by atoms with Gasteiger partial charge in [-0.15, -0.1) is 118 Å². The molecule has 6 heteroatoms. The van der Waals surface area contributed by atoms with Gasteiger partial charge in [-0.1, -0.05) is 386 Å². The molecular formula is C135H176Y6-12. The van der Waals surface area contributed by atoms with Gasteiger partial charge in [-0.25, -0.2) is 61.2 Å². The molecule has 0 spiro atoms. The Balaban J connectivity index is -0.000000119. The maximum atomic E-state index is 3.47. The average Bonchev–Trinajstić information content (AvgIpc) is 0.808. The first-order chi connectivity index (χ1) is 66.6. The summed E-state index contributed by atoms with van der Waals surface area (Å²) in [6.45, 7) is 78.5. The average molecular weight is 2330 g/mol. The smallest absolute Gasteiger partial charge is 0 e. The molecule has 0 nitrogen and oxygen atoms in total. The normalized spacial score (nSPS) is 8.05. The van der Waals surface area contributed by atoms with Crippen molar-refractivity contribution >= 4 is 0 Å². The molecule has 0 N–H and O–H groups in total. The van der Waals surface area contributed by atoms with E-state index in [0.717, 1.165) is 72.3 Å². The van der Waals surface area contributed by atoms with Crippen LogP contribution in [-0.2, 0) is 196 Å². The monoisotopic (exact) mass is 2330 g/mol. The minimum atomic E-state index is 0. The van der Waals surface area contributed by atoms with Gasteiger partial charge in [0.25, 0.3) is 0 Å². The maximum Gasteiger partial charge on any atom is 0 e. The summed E-state index contributed by atoms with van der Waals surface area (Å²) in [5.74, 6) is 0. The molecule has 0 aliphatic carbocycles. The Morgan fingerprint density at radius 3 is 0.752 bits per heavy atom. The number of hydrogen-bond acceptors (Lipinski definition) is 0. The van der Waals surface area contributed by atoms with E-state index >= 15 is 0 Å². The van der Waals surface area contributed by atoms with Crippen LogP contribution >= 0.6 is 0 Å². The van der Waals surface area contributed by atoms with Crippen LogP contribution < -0.4 is 0 Å². The van der Waals surface area contributed by atoms with E-state index in [-0.39, 0.29) is 196 Å². The third kappa shape index (κ3) is 71.4. The molecule has 0 saturated carbocycles. The maximum absolute atomic E-state index is 3.47. The molecular weight excluding hydrogens is 2150 g/mol. The zero-order chi connectivity index (χ0) is 104. The van der Waals surface area contributed by atoms with Crippen LogP contribution in [0.4, 0.5) is 0 Å². The fourth-order valence-electron chi connectivity index (χ4n) is 10.9. The molecule has 0 fully saturated rings. The standard InChI is InChI=1S/3C19H14.C18H12.2C13H10.17C2H6.6Y/c1-15-11-13-17(14-12-15)19-10-6-5-9-18(19)16-7-3-2-4-8-16;2*1-15-10-12-17(13-11-15)19-9-5-8-18(14-19)16-6-3-2-4-7-16;1-3-7-15(8-4-1)17-11-13-18(14-12-17)16-9-5-2-6-10-16;1-11-6-5-9-13(10-11)12-7-3-2-4-8-12;1-11-7-9-13(10-8-11)12-5-3-2-4-6-12;17*1-2;;;;;;/h2-7,10-14H,1H3;2-6,9-14H,1H3;2-6,8-13H,1H3;1-9,11-13H;2-7,10H,1H3;2-5,7-9H,1H3;17*1-2H3;;;;;;/q6*-2;;;;;;;;;;;;;;;;;;;;;;;. The van der Waals surface area contributed by atoms with E-state index in [1.54, 1.807) is 0 Å². The molecule has 0 bridgehead atoms. The molecule has 0 saturated heterocycles. The molecule has 0 atom stereocenters. The van der Waals surface area contributed by atoms with Crippen LogP contribution in [0.2, 0.25) is 0 Å². The van der Waals surface area contributed by atoms with Crippen LogP contribution in [0.1, 0.15) is 263 Å². The zero-order valence-electron chi connectivity index (χ0n) is 95.0. The Morgan fingerprint density at radius 2 is 0.404 bits per heavy atom. The molecule has 0 aromatic heterocycles. The Kier molecular flexibility index (Phi) is 140. The molecule has 16 aromatic rings. The van der Waals surface area contributed by atoms with Crippen molar-refractivity contribution < 1.29 is 196 Å². The fraction of sp³-hybridized carbons (Fsp3) is 0.289. The van der Waals surface area contributed by atoms with Gasteiger partial charge in [0.1, 0.15) is 0 Å². The number of hydrogen-bond donors (Lipinski definition) is 0. The van der Waals surface area contributed by atoms with Gasteiger partial charge in [0.05, 0.1) is 0 Å². The summed E-state index contributed by atoms with van der Waals surface area (Å²) in [6, 6.07) is 160. The van der Waals surface area contributed by atoms with Crippen LogP contribution in [0.3, 0.4) is 0 Å². The SMILES string of the molecule is CC.CC.CC.CC.CC.CC.CC.CC.CC.CC.CC.CC.CC.CC.CC.CC.CC.Cc1c[c-]c(-c2[c-]cccc2)cc1.Cc1cc[c-]c(-c2[c-]cccc2)c1.Cc1ccc(-c2[c-]c(-c3[c-]cccc3)ccc2)cc1.Cc1ccc(-c2cc[c-]c(-c3[c-]cccc3)c2)cc1.Cc1ccc(-c2ccc[c-]c2-c2[c-]cccc2)cc1.[Y].[Y].[Y].[Y].[Y].[Y].[c-]1ccccc1-c1[c-]cc(-c2ccccc2)cc1. The first-order valence-corrected chi connectivity index (χ1v) is 50.8. The third-order valence-corrected chi connectivity index (χ3v) is 16.4. The van der Waals surface area contributed by atoms with Crippen molar-refractivity contribution in [2.45, 2.75) is 270 Å². The second kappa shape index (κ2) is 121. The van der Waals surface area contributed by atoms with Crippen molar-refractivity contribution in [3.63, 3.8) is 0 Å². The van der Waals surface area contributed by atoms with Crippen LogP contribution in [0, 0.1) is 107 Å². The van der Waals surface area contributed by atoms with E-state index in [1.165, 1.54) is 66.8 Å². The Hall–Kier alpha value is -5.86. The summed E-state index contributed by atoms with van der Waals surface area (Å²) >= 11 is 0. The first kappa shape index (κ1) is 163. The molecule has 0 heterocycles. The summed E-state index contributed by atoms with van der Waals surface area (Å²) in [5.41, 5.74) is 29.0. The van der Waals surface area contributed by atoms with Gasteiger partial charge in [-0.3, -0.25) is 0 Å². The van der Waals surface area contributed by atoms with Crippen LogP contribution in [0.25, 0.3) is 111 Å². The van der Waals surface area contributed by atoms with Gasteiger partial charge in [0.2, 0.25) is 0 Å². The summed E-state index contributed by atoms with van der Waals surface area (Å²) in [4.78, 5) is 0. The van der Waals surface area contributed by atoms with Crippen LogP contribution in [0.15, 0.2) is 358 Å². The van der Waals surface area contributed by atoms with Crippen molar-refractivity contribution in [1.82, 2.24) is 0 Å². The van der Waals surface area contributed by atoms with Crippen molar-refractivity contribution in [2.75, 3.05) is 0 Å². The summed E-state index contributed by atoms with van der Waals surface area (Å²) in [7, 11) is 0. The van der Waals surface area contributed by atoms with E-state index in [9.17, 15) is 0 Å². The molecule has 16 aromatic carbocycles. The van der Waals surface area contributed by atoms with Crippen molar-refractivity contribution in [1.29, 1.82) is 0 Å². The van der Waals surface area contributed by atoms with Gasteiger partial charge in [0.15, 0.2) is 0 Å². The van der Waals surface area contributed by atoms with E-state index in [1.807, 2.05) is 423 Å². The molecule has 141 heavy (non-hydrogen) atoms. The minimum Gasteiger partial charge on any atom is -0.226 e. The van der Waals surface area contributed by atoms with Gasteiger partial charge in [-0.05, 0) is 26.3 Å². The number of aryl methyl sites for hydroxylation is 5. The quantitative estimate of drug-likeness (QED) is 0.120. The predicted molar refractivity (Wildman–Crippen MR) is 616 cm³/mol. The summed E-state index contributed by atoms with van der Waals surface area (Å²) in [6.07, 6.45) is 0. The molecule has 16 rings (SSSR count). The van der Waals surface area contributed by atoms with E-state index in [0.29, 0.717) is 0 Å². The van der Waals surface area contributed by atoms with E-state index in [2.05, 4.69) is 277 Å². The van der Waals surface area contributed by atoms with E-state index < -0.39 is 0 Å². The molecule has 0 unspecified atom stereocenters. The predicted octanol–water partition coefficient (Wildman–Crippen LogP) is 43.4. The third-order valence-electron chi connectivity index (χ3n) is 16.4. The van der Waals surface area contributed by atoms with Crippen molar-refractivity contribution in [3.05, 3.63) is 459 Å². The minimum absolute atomic E-state index is 0. The fourth-order valence-corrected chi connectivity index (χ4v) is 10.9. The molecule has 746 valence electrons. The number of rotatable bonds is 10. The largest absolute Gasteiger partial charge is 0.226 e. The summed E-state index contributed by atoms with van der Waals surface area (Å²) < 4.78 is 0. The topological polar surface area (TPSA) is 0 Å². The Labute approximate surface area is 1020 Å². The second-order valence-electron chi connectivity index (χ2n) is 24.1. The number of benzene rings is 16. The van der Waals surface area contributed by atoms with E-state index in [4.69, 9.17) is 0 Å². The molecule has 0 aliphatic rings. The van der Waals surface area contributed by atoms with Gasteiger partial charge in [-0.2, -0.15) is 248 Å². The van der Waals surface area contributed by atoms with Gasteiger partial charge < -0.3 is 0 Å². The van der Waals surface area contributed by atoms with Crippen LogP contribution in [0.5, 0.6) is 0 Å². The van der Waals surface area contributed by atoms with Gasteiger partial charge >= 0.3 is 0 Å².